The van der Waals surface area contributed by atoms with Crippen LogP contribution in [-0.4, -0.2) is 16.8 Å². The molecule has 0 spiro atoms. The van der Waals surface area contributed by atoms with Crippen molar-refractivity contribution in [3.8, 4) is 0 Å². The van der Waals surface area contributed by atoms with Gasteiger partial charge in [0, 0.05) is 13.2 Å². The van der Waals surface area contributed by atoms with E-state index in [1.807, 2.05) is 6.20 Å². The molecular weight excluding hydrogens is 246 g/mol. The molecule has 3 atom stereocenters. The number of rotatable bonds is 3. The summed E-state index contributed by atoms with van der Waals surface area (Å²) in [4.78, 5) is 0. The lowest BCUT2D eigenvalue weighted by atomic mass is 9.43. The Balaban J connectivity index is 1.74. The van der Waals surface area contributed by atoms with Crippen molar-refractivity contribution in [1.29, 1.82) is 0 Å². The molecule has 1 aromatic heterocycles. The highest BCUT2D eigenvalue weighted by molar-refractivity contribution is 5.17. The van der Waals surface area contributed by atoms with Crippen molar-refractivity contribution < 1.29 is 0 Å². The van der Waals surface area contributed by atoms with E-state index in [2.05, 4.69) is 42.2 Å². The minimum atomic E-state index is 0.472. The Labute approximate surface area is 122 Å². The van der Waals surface area contributed by atoms with Gasteiger partial charge in [0.25, 0.3) is 0 Å². The molecule has 5 rings (SSSR count). The maximum absolute atomic E-state index is 4.41. The highest BCUT2D eigenvalue weighted by Crippen LogP contribution is 2.68. The predicted octanol–water partition coefficient (Wildman–Crippen LogP) is 3.29. The largest absolute Gasteiger partial charge is 0.311 e. The van der Waals surface area contributed by atoms with E-state index < -0.39 is 0 Å². The van der Waals surface area contributed by atoms with Gasteiger partial charge in [0.05, 0.1) is 11.7 Å². The van der Waals surface area contributed by atoms with Crippen LogP contribution in [0.3, 0.4) is 0 Å². The van der Waals surface area contributed by atoms with E-state index >= 15 is 0 Å². The molecule has 0 aliphatic heterocycles. The van der Waals surface area contributed by atoms with Crippen molar-refractivity contribution >= 4 is 0 Å². The number of aromatic nitrogens is 2. The minimum absolute atomic E-state index is 0.472. The fourth-order valence-electron chi connectivity index (χ4n) is 6.57. The molecule has 3 heteroatoms. The summed E-state index contributed by atoms with van der Waals surface area (Å²) in [7, 11) is 4.22. The maximum Gasteiger partial charge on any atom is 0.0555 e. The van der Waals surface area contributed by atoms with Gasteiger partial charge in [0.1, 0.15) is 0 Å². The molecule has 20 heavy (non-hydrogen) atoms. The van der Waals surface area contributed by atoms with Crippen LogP contribution in [0.15, 0.2) is 12.3 Å². The van der Waals surface area contributed by atoms with Crippen LogP contribution in [0.4, 0.5) is 0 Å². The molecule has 3 unspecified atom stereocenters. The quantitative estimate of drug-likeness (QED) is 0.916. The van der Waals surface area contributed by atoms with Crippen LogP contribution >= 0.6 is 0 Å². The zero-order chi connectivity index (χ0) is 14.0. The summed E-state index contributed by atoms with van der Waals surface area (Å²) >= 11 is 0. The summed E-state index contributed by atoms with van der Waals surface area (Å²) in [6, 6.07) is 2.68. The Morgan fingerprint density at radius 1 is 1.30 bits per heavy atom. The molecule has 4 saturated carbocycles. The Kier molecular flexibility index (Phi) is 2.64. The van der Waals surface area contributed by atoms with Crippen molar-refractivity contribution in [2.75, 3.05) is 7.05 Å². The van der Waals surface area contributed by atoms with Gasteiger partial charge in [-0.3, -0.25) is 4.68 Å². The smallest absolute Gasteiger partial charge is 0.0555 e. The first kappa shape index (κ1) is 12.9. The molecule has 0 radical (unpaired) electrons. The fourth-order valence-corrected chi connectivity index (χ4v) is 6.57. The first-order valence-electron chi connectivity index (χ1n) is 8.19. The number of hydrogen-bond acceptors (Lipinski definition) is 2. The second kappa shape index (κ2) is 4.09. The second-order valence-corrected chi connectivity index (χ2v) is 8.24. The summed E-state index contributed by atoms with van der Waals surface area (Å²) in [6.45, 7) is 2.55. The van der Waals surface area contributed by atoms with Gasteiger partial charge in [-0.15, -0.1) is 0 Å². The van der Waals surface area contributed by atoms with Gasteiger partial charge >= 0.3 is 0 Å². The van der Waals surface area contributed by atoms with E-state index in [0.717, 1.165) is 11.8 Å². The highest BCUT2D eigenvalue weighted by atomic mass is 15.3. The van der Waals surface area contributed by atoms with Gasteiger partial charge in [-0.05, 0) is 74.3 Å². The predicted molar refractivity (Wildman–Crippen MR) is 80.2 cm³/mol. The second-order valence-electron chi connectivity index (χ2n) is 8.24. The normalized spacial score (nSPS) is 44.0. The van der Waals surface area contributed by atoms with Crippen molar-refractivity contribution in [2.24, 2.45) is 29.7 Å². The van der Waals surface area contributed by atoms with E-state index in [0.29, 0.717) is 16.9 Å². The highest BCUT2D eigenvalue weighted by Gasteiger charge is 2.58. The summed E-state index contributed by atoms with van der Waals surface area (Å²) in [5, 5.41) is 8.07. The number of hydrogen-bond donors (Lipinski definition) is 1. The van der Waals surface area contributed by atoms with Crippen LogP contribution in [0.5, 0.6) is 0 Å². The van der Waals surface area contributed by atoms with Crippen molar-refractivity contribution in [3.63, 3.8) is 0 Å². The standard InChI is InChI=1S/C17H27N3/c1-16-7-12-6-13(8-16)10-17(9-12,11-16)15(18-2)14-4-5-19-20(14)3/h4-5,12-13,15,18H,6-11H2,1-3H3. The number of nitrogens with zero attached hydrogens (tertiary/aromatic N) is 2. The average Bonchev–Trinajstić information content (AvgIpc) is 2.73. The van der Waals surface area contributed by atoms with Gasteiger partial charge in [0.15, 0.2) is 0 Å². The average molecular weight is 273 g/mol. The molecule has 0 amide bonds. The lowest BCUT2D eigenvalue weighted by molar-refractivity contribution is -0.119. The Morgan fingerprint density at radius 3 is 2.50 bits per heavy atom. The first-order chi connectivity index (χ1) is 9.54. The molecule has 110 valence electrons. The van der Waals surface area contributed by atoms with Gasteiger partial charge < -0.3 is 5.32 Å². The van der Waals surface area contributed by atoms with E-state index in [4.69, 9.17) is 0 Å². The molecule has 1 N–H and O–H groups in total. The van der Waals surface area contributed by atoms with E-state index in [1.165, 1.54) is 44.2 Å². The monoisotopic (exact) mass is 273 g/mol. The molecule has 1 aromatic rings. The molecular formula is C17H27N3. The van der Waals surface area contributed by atoms with Crippen LogP contribution in [0.2, 0.25) is 0 Å². The summed E-state index contributed by atoms with van der Waals surface area (Å²) in [6.07, 6.45) is 10.7. The fraction of sp³-hybridized carbons (Fsp3) is 0.824. The number of nitrogens with one attached hydrogen (secondary N) is 1. The van der Waals surface area contributed by atoms with Crippen molar-refractivity contribution in [1.82, 2.24) is 15.1 Å². The van der Waals surface area contributed by atoms with Gasteiger partial charge in [-0.1, -0.05) is 6.92 Å². The van der Waals surface area contributed by atoms with Crippen molar-refractivity contribution in [2.45, 2.75) is 51.5 Å². The van der Waals surface area contributed by atoms with E-state index in [1.54, 1.807) is 0 Å². The van der Waals surface area contributed by atoms with E-state index in [9.17, 15) is 0 Å². The third kappa shape index (κ3) is 1.71. The molecule has 3 nitrogen and oxygen atoms in total. The lowest BCUT2D eigenvalue weighted by Gasteiger charge is -2.63. The first-order valence-corrected chi connectivity index (χ1v) is 8.19. The molecule has 4 aliphatic rings. The molecule has 4 aliphatic carbocycles. The molecule has 0 aromatic carbocycles. The molecule has 1 heterocycles. The van der Waals surface area contributed by atoms with Crippen molar-refractivity contribution in [3.05, 3.63) is 18.0 Å². The summed E-state index contributed by atoms with van der Waals surface area (Å²) in [5.74, 6) is 1.95. The van der Waals surface area contributed by atoms with Gasteiger partial charge in [-0.25, -0.2) is 0 Å². The third-order valence-electron chi connectivity index (χ3n) is 6.45. The summed E-state index contributed by atoms with van der Waals surface area (Å²) < 4.78 is 2.07. The topological polar surface area (TPSA) is 29.9 Å². The minimum Gasteiger partial charge on any atom is -0.311 e. The van der Waals surface area contributed by atoms with Crippen LogP contribution in [0.25, 0.3) is 0 Å². The zero-order valence-electron chi connectivity index (χ0n) is 13.0. The Morgan fingerprint density at radius 2 is 2.00 bits per heavy atom. The molecule has 4 bridgehead atoms. The lowest BCUT2D eigenvalue weighted by Crippen LogP contribution is -2.55. The maximum atomic E-state index is 4.41. The van der Waals surface area contributed by atoms with Crippen LogP contribution < -0.4 is 5.32 Å². The molecule has 4 fully saturated rings. The SMILES string of the molecule is CNC(c1ccnn1C)C12CC3CC(CC(C)(C3)C1)C2. The van der Waals surface area contributed by atoms with Gasteiger partial charge in [0.2, 0.25) is 0 Å². The van der Waals surface area contributed by atoms with Crippen LogP contribution in [-0.2, 0) is 7.05 Å². The van der Waals surface area contributed by atoms with E-state index in [-0.39, 0.29) is 0 Å². The Hall–Kier alpha value is -0.830. The summed E-state index contributed by atoms with van der Waals surface area (Å²) in [5.41, 5.74) is 2.46. The van der Waals surface area contributed by atoms with Crippen LogP contribution in [0.1, 0.15) is 57.2 Å². The molecule has 0 saturated heterocycles. The van der Waals surface area contributed by atoms with Gasteiger partial charge in [-0.2, -0.15) is 5.10 Å². The Bertz CT molecular complexity index is 504. The van der Waals surface area contributed by atoms with Crippen LogP contribution in [0, 0.1) is 22.7 Å². The zero-order valence-corrected chi connectivity index (χ0v) is 13.0. The number of aryl methyl sites for hydroxylation is 1. The third-order valence-corrected chi connectivity index (χ3v) is 6.45.